The Morgan fingerprint density at radius 2 is 1.78 bits per heavy atom. The van der Waals surface area contributed by atoms with Crippen molar-refractivity contribution < 1.29 is 32.6 Å². The average Bonchev–Trinajstić information content (AvgIpc) is 2.86. The maximum absolute atomic E-state index is 13.6. The van der Waals surface area contributed by atoms with E-state index in [0.717, 1.165) is 12.1 Å². The van der Waals surface area contributed by atoms with Crippen LogP contribution < -0.4 is 15.0 Å². The molecular formula is C26H26F3N3O4. The minimum Gasteiger partial charge on any atom is -0.496 e. The number of benzene rings is 2. The number of carbonyl (C=O) groups is 2. The lowest BCUT2D eigenvalue weighted by atomic mass is 9.90. The van der Waals surface area contributed by atoms with Crippen molar-refractivity contribution in [1.29, 1.82) is 0 Å². The smallest absolute Gasteiger partial charge is 0.416 e. The van der Waals surface area contributed by atoms with Crippen LogP contribution in [0, 0.1) is 0 Å². The molecule has 190 valence electrons. The highest BCUT2D eigenvalue weighted by molar-refractivity contribution is 5.91. The third kappa shape index (κ3) is 6.12. The lowest BCUT2D eigenvalue weighted by Gasteiger charge is -2.26. The van der Waals surface area contributed by atoms with Crippen LogP contribution in [0.3, 0.4) is 0 Å². The van der Waals surface area contributed by atoms with Crippen LogP contribution in [-0.2, 0) is 17.4 Å². The summed E-state index contributed by atoms with van der Waals surface area (Å²) >= 11 is 0. The van der Waals surface area contributed by atoms with Crippen molar-refractivity contribution in [2.75, 3.05) is 19.1 Å². The summed E-state index contributed by atoms with van der Waals surface area (Å²) in [5, 5.41) is 12.0. The Morgan fingerprint density at radius 3 is 2.36 bits per heavy atom. The number of hydrogen-bond donors (Lipinski definition) is 2. The number of methoxy groups -OCH3 is 1. The summed E-state index contributed by atoms with van der Waals surface area (Å²) in [6, 6.07) is 10.0. The molecular weight excluding hydrogens is 475 g/mol. The Bertz CT molecular complexity index is 1230. The number of aliphatic carboxylic acids is 1. The molecule has 10 heteroatoms. The van der Waals surface area contributed by atoms with Gasteiger partial charge in [0.25, 0.3) is 0 Å². The lowest BCUT2D eigenvalue weighted by molar-refractivity contribution is -0.138. The number of urea groups is 1. The SMILES string of the molecule is CCC(NC(=O)N(C)c1ccncc1)c1cc(C(F)(F)F)ccc1-c1cc(CC(=O)O)ccc1OC. The predicted molar refractivity (Wildman–Crippen MR) is 129 cm³/mol. The van der Waals surface area contributed by atoms with Gasteiger partial charge in [-0.15, -0.1) is 0 Å². The molecule has 1 atom stereocenters. The molecule has 0 saturated heterocycles. The van der Waals surface area contributed by atoms with E-state index in [2.05, 4.69) is 10.3 Å². The van der Waals surface area contributed by atoms with Crippen LogP contribution in [0.5, 0.6) is 5.75 Å². The Morgan fingerprint density at radius 1 is 1.08 bits per heavy atom. The van der Waals surface area contributed by atoms with Gasteiger partial charge >= 0.3 is 18.2 Å². The van der Waals surface area contributed by atoms with Crippen molar-refractivity contribution in [1.82, 2.24) is 10.3 Å². The second-order valence-corrected chi connectivity index (χ2v) is 8.08. The fourth-order valence-electron chi connectivity index (χ4n) is 3.85. The molecule has 1 unspecified atom stereocenters. The van der Waals surface area contributed by atoms with Gasteiger partial charge in [-0.25, -0.2) is 4.79 Å². The molecule has 1 aromatic heterocycles. The van der Waals surface area contributed by atoms with Crippen molar-refractivity contribution in [3.05, 3.63) is 77.6 Å². The van der Waals surface area contributed by atoms with E-state index in [-0.39, 0.29) is 12.0 Å². The van der Waals surface area contributed by atoms with E-state index in [4.69, 9.17) is 4.74 Å². The number of amides is 2. The maximum atomic E-state index is 13.6. The summed E-state index contributed by atoms with van der Waals surface area (Å²) in [5.74, 6) is -0.683. The van der Waals surface area contributed by atoms with Gasteiger partial charge in [0, 0.05) is 30.7 Å². The topological polar surface area (TPSA) is 91.8 Å². The number of aromatic nitrogens is 1. The van der Waals surface area contributed by atoms with E-state index in [1.54, 1.807) is 44.3 Å². The van der Waals surface area contributed by atoms with Gasteiger partial charge in [-0.05, 0) is 59.5 Å². The molecule has 7 nitrogen and oxygen atoms in total. The van der Waals surface area contributed by atoms with Crippen LogP contribution in [0.25, 0.3) is 11.1 Å². The van der Waals surface area contributed by atoms with Gasteiger partial charge in [0.2, 0.25) is 0 Å². The number of nitrogens with zero attached hydrogens (tertiary/aromatic N) is 2. The third-order valence-electron chi connectivity index (χ3n) is 5.72. The molecule has 0 aliphatic carbocycles. The average molecular weight is 502 g/mol. The van der Waals surface area contributed by atoms with Gasteiger partial charge < -0.3 is 15.2 Å². The molecule has 2 amide bonds. The van der Waals surface area contributed by atoms with E-state index >= 15 is 0 Å². The standard InChI is InChI=1S/C26H26F3N3O4/c1-4-22(31-25(35)32(2)18-9-11-30-12-10-18)20-15-17(26(27,28)29)6-7-19(20)21-13-16(14-24(33)34)5-8-23(21)36-3/h5-13,15,22H,4,14H2,1-3H3,(H,31,35)(H,33,34). The number of anilines is 1. The predicted octanol–water partition coefficient (Wildman–Crippen LogP) is 5.70. The van der Waals surface area contributed by atoms with E-state index in [9.17, 15) is 27.9 Å². The summed E-state index contributed by atoms with van der Waals surface area (Å²) in [5.41, 5.74) is 1.20. The second-order valence-electron chi connectivity index (χ2n) is 8.08. The number of carbonyl (C=O) groups excluding carboxylic acids is 1. The lowest BCUT2D eigenvalue weighted by Crippen LogP contribution is -2.39. The van der Waals surface area contributed by atoms with Crippen LogP contribution in [0.4, 0.5) is 23.7 Å². The summed E-state index contributed by atoms with van der Waals surface area (Å²) in [7, 11) is 2.96. The molecule has 2 N–H and O–H groups in total. The number of nitrogens with one attached hydrogen (secondary N) is 1. The zero-order valence-electron chi connectivity index (χ0n) is 20.0. The molecule has 3 rings (SSSR count). The molecule has 1 heterocycles. The molecule has 0 saturated carbocycles. The number of carboxylic acids is 1. The van der Waals surface area contributed by atoms with Crippen LogP contribution in [-0.4, -0.2) is 36.2 Å². The molecule has 36 heavy (non-hydrogen) atoms. The van der Waals surface area contributed by atoms with E-state index in [1.807, 2.05) is 0 Å². The first-order chi connectivity index (χ1) is 17.0. The summed E-state index contributed by atoms with van der Waals surface area (Å²) in [6.07, 6.45) is -1.52. The maximum Gasteiger partial charge on any atom is 0.416 e. The highest BCUT2D eigenvalue weighted by Crippen LogP contribution is 2.40. The zero-order valence-corrected chi connectivity index (χ0v) is 20.0. The van der Waals surface area contributed by atoms with E-state index in [0.29, 0.717) is 34.5 Å². The van der Waals surface area contributed by atoms with Crippen LogP contribution in [0.15, 0.2) is 60.9 Å². The zero-order chi connectivity index (χ0) is 26.5. The summed E-state index contributed by atoms with van der Waals surface area (Å²) < 4.78 is 46.4. The first kappa shape index (κ1) is 26.5. The number of carboxylic acid groups (broad SMARTS) is 1. The fourth-order valence-corrected chi connectivity index (χ4v) is 3.85. The Hall–Kier alpha value is -4.08. The largest absolute Gasteiger partial charge is 0.496 e. The van der Waals surface area contributed by atoms with Gasteiger partial charge in [0.15, 0.2) is 0 Å². The minimum atomic E-state index is -4.60. The van der Waals surface area contributed by atoms with Crippen LogP contribution in [0.2, 0.25) is 0 Å². The van der Waals surface area contributed by atoms with E-state index in [1.165, 1.54) is 30.5 Å². The number of rotatable bonds is 8. The summed E-state index contributed by atoms with van der Waals surface area (Å²) in [4.78, 5) is 29.5. The van der Waals surface area contributed by atoms with Crippen molar-refractivity contribution >= 4 is 17.7 Å². The number of hydrogen-bond acceptors (Lipinski definition) is 4. The van der Waals surface area contributed by atoms with Crippen molar-refractivity contribution in [3.63, 3.8) is 0 Å². The molecule has 0 radical (unpaired) electrons. The molecule has 3 aromatic rings. The fraction of sp³-hybridized carbons (Fsp3) is 0.269. The Labute approximate surface area is 206 Å². The Kier molecular flexibility index (Phi) is 8.18. The Balaban J connectivity index is 2.11. The molecule has 0 aliphatic heterocycles. The highest BCUT2D eigenvalue weighted by atomic mass is 19.4. The molecule has 0 aliphatic rings. The first-order valence-electron chi connectivity index (χ1n) is 11.1. The number of alkyl halides is 3. The third-order valence-corrected chi connectivity index (χ3v) is 5.72. The van der Waals surface area contributed by atoms with Crippen LogP contribution >= 0.6 is 0 Å². The van der Waals surface area contributed by atoms with Gasteiger partial charge in [-0.2, -0.15) is 13.2 Å². The number of pyridine rings is 1. The number of halogens is 3. The second kappa shape index (κ2) is 11.1. The number of ether oxygens (including phenoxy) is 1. The minimum absolute atomic E-state index is 0.231. The molecule has 2 aromatic carbocycles. The normalized spacial score (nSPS) is 12.1. The molecule has 0 spiro atoms. The van der Waals surface area contributed by atoms with Crippen molar-refractivity contribution in [2.24, 2.45) is 0 Å². The summed E-state index contributed by atoms with van der Waals surface area (Å²) in [6.45, 7) is 1.75. The van der Waals surface area contributed by atoms with Gasteiger partial charge in [0.1, 0.15) is 5.75 Å². The van der Waals surface area contributed by atoms with Crippen LogP contribution in [0.1, 0.15) is 36.1 Å². The van der Waals surface area contributed by atoms with Crippen molar-refractivity contribution in [3.8, 4) is 16.9 Å². The van der Waals surface area contributed by atoms with Crippen molar-refractivity contribution in [2.45, 2.75) is 32.0 Å². The van der Waals surface area contributed by atoms with E-state index < -0.39 is 29.8 Å². The monoisotopic (exact) mass is 501 g/mol. The van der Waals surface area contributed by atoms with Gasteiger partial charge in [-0.3, -0.25) is 14.7 Å². The van der Waals surface area contributed by atoms with Gasteiger partial charge in [-0.1, -0.05) is 19.1 Å². The first-order valence-corrected chi connectivity index (χ1v) is 11.1. The molecule has 0 fully saturated rings. The quantitative estimate of drug-likeness (QED) is 0.413. The van der Waals surface area contributed by atoms with Gasteiger partial charge in [0.05, 0.1) is 25.1 Å². The highest BCUT2D eigenvalue weighted by Gasteiger charge is 2.32. The molecule has 0 bridgehead atoms.